The summed E-state index contributed by atoms with van der Waals surface area (Å²) in [6.45, 7) is 9.81. The molecule has 0 aliphatic rings. The third-order valence-corrected chi connectivity index (χ3v) is 3.42. The lowest BCUT2D eigenvalue weighted by Crippen LogP contribution is -2.37. The highest BCUT2D eigenvalue weighted by molar-refractivity contribution is 5.67. The summed E-state index contributed by atoms with van der Waals surface area (Å²) >= 11 is 0. The molecule has 0 fully saturated rings. The van der Waals surface area contributed by atoms with Gasteiger partial charge in [0, 0.05) is 12.6 Å². The Hall–Kier alpha value is -1.59. The minimum absolute atomic E-state index is 0.359. The van der Waals surface area contributed by atoms with Gasteiger partial charge in [0.25, 0.3) is 0 Å². The van der Waals surface area contributed by atoms with Gasteiger partial charge in [0.2, 0.25) is 0 Å². The molecule has 2 atom stereocenters. The van der Waals surface area contributed by atoms with Crippen molar-refractivity contribution in [2.24, 2.45) is 5.73 Å². The van der Waals surface area contributed by atoms with Gasteiger partial charge in [-0.25, -0.2) is 4.79 Å². The summed E-state index contributed by atoms with van der Waals surface area (Å²) in [7, 11) is 0. The summed E-state index contributed by atoms with van der Waals surface area (Å²) < 4.78 is 5.14. The third-order valence-electron chi connectivity index (χ3n) is 3.42. The lowest BCUT2D eigenvalue weighted by molar-refractivity contribution is 0.0521. The molecule has 5 heteroatoms. The van der Waals surface area contributed by atoms with E-state index < -0.39 is 23.8 Å². The Labute approximate surface area is 132 Å². The summed E-state index contributed by atoms with van der Waals surface area (Å²) in [5.74, 6) is 0. The van der Waals surface area contributed by atoms with Crippen molar-refractivity contribution >= 4 is 6.09 Å². The normalized spacial score (nSPS) is 14.3. The zero-order valence-corrected chi connectivity index (χ0v) is 14.1. The predicted molar refractivity (Wildman–Crippen MR) is 87.7 cm³/mol. The average Bonchev–Trinajstić information content (AvgIpc) is 2.38. The first-order chi connectivity index (χ1) is 10.1. The summed E-state index contributed by atoms with van der Waals surface area (Å²) in [5, 5.41) is 12.9. The van der Waals surface area contributed by atoms with Crippen molar-refractivity contribution in [3.63, 3.8) is 0 Å². The Bertz CT molecular complexity index is 509. The van der Waals surface area contributed by atoms with Gasteiger partial charge in [0.05, 0.1) is 6.10 Å². The number of carbonyl (C=O) groups is 1. The first-order valence-electron chi connectivity index (χ1n) is 7.58. The lowest BCUT2D eigenvalue weighted by Gasteiger charge is -2.22. The summed E-state index contributed by atoms with van der Waals surface area (Å²) in [6, 6.07) is 5.35. The summed E-state index contributed by atoms with van der Waals surface area (Å²) in [5.41, 5.74) is 8.58. The van der Waals surface area contributed by atoms with Crippen LogP contribution in [0.1, 0.15) is 50.0 Å². The fourth-order valence-corrected chi connectivity index (χ4v) is 2.01. The molecule has 0 aromatic heterocycles. The van der Waals surface area contributed by atoms with E-state index in [-0.39, 0.29) is 0 Å². The number of hydrogen-bond donors (Lipinski definition) is 3. The average molecular weight is 308 g/mol. The van der Waals surface area contributed by atoms with Crippen LogP contribution in [-0.2, 0) is 4.74 Å². The maximum atomic E-state index is 11.5. The Morgan fingerprint density at radius 2 is 1.95 bits per heavy atom. The van der Waals surface area contributed by atoms with Crippen molar-refractivity contribution in [3.8, 4) is 0 Å². The van der Waals surface area contributed by atoms with Crippen molar-refractivity contribution in [1.29, 1.82) is 0 Å². The topological polar surface area (TPSA) is 84.6 Å². The van der Waals surface area contributed by atoms with E-state index in [1.165, 1.54) is 5.56 Å². The lowest BCUT2D eigenvalue weighted by atomic mass is 9.97. The first kappa shape index (κ1) is 18.5. The van der Waals surface area contributed by atoms with Gasteiger partial charge < -0.3 is 20.9 Å². The molecule has 2 unspecified atom stereocenters. The standard InChI is InChI=1S/C17H28N2O3/c1-11-6-7-13(10-12(11)2)15(20)14(18)8-9-19-16(21)22-17(3,4)5/h6-7,10,14-15,20H,8-9,18H2,1-5H3,(H,19,21). The van der Waals surface area contributed by atoms with Gasteiger partial charge in [-0.1, -0.05) is 18.2 Å². The van der Waals surface area contributed by atoms with Crippen LogP contribution in [0.25, 0.3) is 0 Å². The monoisotopic (exact) mass is 308 g/mol. The first-order valence-corrected chi connectivity index (χ1v) is 7.58. The predicted octanol–water partition coefficient (Wildman–Crippen LogP) is 2.58. The van der Waals surface area contributed by atoms with Crippen molar-refractivity contribution in [2.45, 2.75) is 58.8 Å². The molecule has 0 saturated heterocycles. The molecule has 0 aliphatic carbocycles. The number of aliphatic hydroxyl groups excluding tert-OH is 1. The van der Waals surface area contributed by atoms with Gasteiger partial charge in [-0.15, -0.1) is 0 Å². The second-order valence-electron chi connectivity index (χ2n) is 6.67. The molecule has 1 rings (SSSR count). The summed E-state index contributed by atoms with van der Waals surface area (Å²) in [6.07, 6.45) is -0.757. The van der Waals surface area contributed by atoms with E-state index in [4.69, 9.17) is 10.5 Å². The Balaban J connectivity index is 2.46. The Kier molecular flexibility index (Phi) is 6.38. The number of rotatable bonds is 5. The molecule has 1 aromatic carbocycles. The van der Waals surface area contributed by atoms with E-state index in [0.717, 1.165) is 11.1 Å². The maximum absolute atomic E-state index is 11.5. The molecule has 0 aliphatic heterocycles. The number of nitrogens with two attached hydrogens (primary N) is 1. The van der Waals surface area contributed by atoms with E-state index >= 15 is 0 Å². The van der Waals surface area contributed by atoms with Gasteiger partial charge in [-0.3, -0.25) is 0 Å². The minimum atomic E-state index is -0.750. The fraction of sp³-hybridized carbons (Fsp3) is 0.588. The zero-order valence-electron chi connectivity index (χ0n) is 14.1. The molecule has 5 nitrogen and oxygen atoms in total. The van der Waals surface area contributed by atoms with Crippen LogP contribution in [0.15, 0.2) is 18.2 Å². The molecule has 1 amide bonds. The van der Waals surface area contributed by atoms with E-state index in [9.17, 15) is 9.90 Å². The van der Waals surface area contributed by atoms with Crippen LogP contribution in [0, 0.1) is 13.8 Å². The molecule has 0 bridgehead atoms. The Morgan fingerprint density at radius 1 is 1.32 bits per heavy atom. The highest BCUT2D eigenvalue weighted by Crippen LogP contribution is 2.20. The number of aryl methyl sites for hydroxylation is 2. The Morgan fingerprint density at radius 3 is 2.50 bits per heavy atom. The SMILES string of the molecule is Cc1ccc(C(O)C(N)CCNC(=O)OC(C)(C)C)cc1C. The van der Waals surface area contributed by atoms with Crippen LogP contribution in [0.3, 0.4) is 0 Å². The molecular weight excluding hydrogens is 280 g/mol. The number of amides is 1. The quantitative estimate of drug-likeness (QED) is 0.780. The fourth-order valence-electron chi connectivity index (χ4n) is 2.01. The number of benzene rings is 1. The molecular formula is C17H28N2O3. The number of aliphatic hydroxyl groups is 1. The van der Waals surface area contributed by atoms with Crippen LogP contribution in [0.4, 0.5) is 4.79 Å². The van der Waals surface area contributed by atoms with E-state index in [2.05, 4.69) is 5.32 Å². The number of hydrogen-bond acceptors (Lipinski definition) is 4. The molecule has 124 valence electrons. The van der Waals surface area contributed by atoms with Crippen LogP contribution >= 0.6 is 0 Å². The van der Waals surface area contributed by atoms with Crippen LogP contribution < -0.4 is 11.1 Å². The van der Waals surface area contributed by atoms with E-state index in [1.54, 1.807) is 0 Å². The molecule has 1 aromatic rings. The van der Waals surface area contributed by atoms with Crippen LogP contribution in [0.5, 0.6) is 0 Å². The van der Waals surface area contributed by atoms with Crippen LogP contribution in [-0.4, -0.2) is 29.4 Å². The molecule has 0 radical (unpaired) electrons. The van der Waals surface area contributed by atoms with Gasteiger partial charge >= 0.3 is 6.09 Å². The van der Waals surface area contributed by atoms with E-state index in [1.807, 2.05) is 52.8 Å². The van der Waals surface area contributed by atoms with Crippen molar-refractivity contribution in [2.75, 3.05) is 6.54 Å². The molecule has 0 spiro atoms. The van der Waals surface area contributed by atoms with Crippen LogP contribution in [0.2, 0.25) is 0 Å². The van der Waals surface area contributed by atoms with Crippen molar-refractivity contribution in [3.05, 3.63) is 34.9 Å². The minimum Gasteiger partial charge on any atom is -0.444 e. The summed E-state index contributed by atoms with van der Waals surface area (Å²) in [4.78, 5) is 11.5. The van der Waals surface area contributed by atoms with Crippen molar-refractivity contribution < 1.29 is 14.6 Å². The second-order valence-corrected chi connectivity index (χ2v) is 6.67. The largest absolute Gasteiger partial charge is 0.444 e. The molecule has 0 heterocycles. The number of ether oxygens (including phenoxy) is 1. The van der Waals surface area contributed by atoms with E-state index in [0.29, 0.717) is 13.0 Å². The zero-order chi connectivity index (χ0) is 16.9. The maximum Gasteiger partial charge on any atom is 0.407 e. The third kappa shape index (κ3) is 6.03. The van der Waals surface area contributed by atoms with Gasteiger partial charge in [-0.2, -0.15) is 0 Å². The second kappa shape index (κ2) is 7.61. The number of carbonyl (C=O) groups excluding carboxylic acids is 1. The number of alkyl carbamates (subject to hydrolysis) is 1. The van der Waals surface area contributed by atoms with Gasteiger partial charge in [-0.05, 0) is 57.7 Å². The highest BCUT2D eigenvalue weighted by atomic mass is 16.6. The van der Waals surface area contributed by atoms with Crippen molar-refractivity contribution in [1.82, 2.24) is 5.32 Å². The molecule has 0 saturated carbocycles. The smallest absolute Gasteiger partial charge is 0.407 e. The van der Waals surface area contributed by atoms with Gasteiger partial charge in [0.1, 0.15) is 5.60 Å². The number of nitrogens with one attached hydrogen (secondary N) is 1. The molecule has 4 N–H and O–H groups in total. The van der Waals surface area contributed by atoms with Gasteiger partial charge in [0.15, 0.2) is 0 Å². The highest BCUT2D eigenvalue weighted by Gasteiger charge is 2.19. The molecule has 22 heavy (non-hydrogen) atoms.